The van der Waals surface area contributed by atoms with Crippen molar-refractivity contribution in [2.75, 3.05) is 13.7 Å². The van der Waals surface area contributed by atoms with E-state index in [9.17, 15) is 4.79 Å². The molecule has 100 valence electrons. The number of benzene rings is 1. The van der Waals surface area contributed by atoms with Gasteiger partial charge in [0.15, 0.2) is 11.5 Å². The first kappa shape index (κ1) is 14.4. The molecule has 0 aliphatic rings. The smallest absolute Gasteiger partial charge is 0.220 e. The Labute approximate surface area is 108 Å². The third-order valence-corrected chi connectivity index (χ3v) is 2.32. The monoisotopic (exact) mass is 251 g/mol. The highest BCUT2D eigenvalue weighted by Gasteiger charge is 2.05. The zero-order valence-electron chi connectivity index (χ0n) is 11.2. The van der Waals surface area contributed by atoms with Crippen LogP contribution in [-0.4, -0.2) is 25.7 Å². The molecule has 0 saturated carbocycles. The van der Waals surface area contributed by atoms with Crippen molar-refractivity contribution in [1.82, 2.24) is 5.32 Å². The molecule has 0 aromatic heterocycles. The van der Waals surface area contributed by atoms with Crippen molar-refractivity contribution in [3.8, 4) is 11.5 Å². The molecule has 0 heterocycles. The Morgan fingerprint density at radius 2 is 1.94 bits per heavy atom. The molecule has 0 saturated heterocycles. The molecule has 1 N–H and O–H groups in total. The molecule has 1 aromatic carbocycles. The van der Waals surface area contributed by atoms with Crippen molar-refractivity contribution in [2.24, 2.45) is 0 Å². The van der Waals surface area contributed by atoms with Gasteiger partial charge in [0, 0.05) is 12.5 Å². The van der Waals surface area contributed by atoms with Gasteiger partial charge >= 0.3 is 0 Å². The first-order valence-corrected chi connectivity index (χ1v) is 6.18. The molecule has 0 bridgehead atoms. The lowest BCUT2D eigenvalue weighted by Crippen LogP contribution is -2.30. The summed E-state index contributed by atoms with van der Waals surface area (Å²) >= 11 is 0. The van der Waals surface area contributed by atoms with E-state index >= 15 is 0 Å². The molecule has 0 atom stereocenters. The lowest BCUT2D eigenvalue weighted by Gasteiger charge is -2.11. The fourth-order valence-corrected chi connectivity index (χ4v) is 1.55. The zero-order valence-corrected chi connectivity index (χ0v) is 11.2. The van der Waals surface area contributed by atoms with Crippen molar-refractivity contribution in [2.45, 2.75) is 32.7 Å². The van der Waals surface area contributed by atoms with Gasteiger partial charge in [0.25, 0.3) is 0 Å². The maximum absolute atomic E-state index is 11.4. The number of carbonyl (C=O) groups is 1. The predicted molar refractivity (Wildman–Crippen MR) is 71.0 cm³/mol. The number of hydrogen-bond donors (Lipinski definition) is 1. The van der Waals surface area contributed by atoms with Gasteiger partial charge in [-0.05, 0) is 32.4 Å². The number of ether oxygens (including phenoxy) is 2. The molecule has 1 aromatic rings. The molecular formula is C14H21NO3. The summed E-state index contributed by atoms with van der Waals surface area (Å²) in [5.41, 5.74) is 0. The molecule has 18 heavy (non-hydrogen) atoms. The minimum atomic E-state index is 0.0635. The standard InChI is InChI=1S/C14H21NO3/c1-11(2)15-14(16)9-6-10-18-13-8-5-4-7-12(13)17-3/h4-5,7-8,11H,6,9-10H2,1-3H3,(H,15,16). The van der Waals surface area contributed by atoms with Gasteiger partial charge in [0.2, 0.25) is 5.91 Å². The Kier molecular flexibility index (Phi) is 6.05. The van der Waals surface area contributed by atoms with E-state index in [1.54, 1.807) is 7.11 Å². The maximum atomic E-state index is 11.4. The second-order valence-corrected chi connectivity index (χ2v) is 4.33. The molecule has 0 aliphatic carbocycles. The van der Waals surface area contributed by atoms with Crippen LogP contribution in [0.4, 0.5) is 0 Å². The summed E-state index contributed by atoms with van der Waals surface area (Å²) in [6.07, 6.45) is 1.17. The zero-order chi connectivity index (χ0) is 13.4. The fourth-order valence-electron chi connectivity index (χ4n) is 1.55. The van der Waals surface area contributed by atoms with Crippen molar-refractivity contribution in [3.05, 3.63) is 24.3 Å². The van der Waals surface area contributed by atoms with Gasteiger partial charge in [-0.15, -0.1) is 0 Å². The highest BCUT2D eigenvalue weighted by atomic mass is 16.5. The Balaban J connectivity index is 2.27. The number of rotatable bonds is 7. The third kappa shape index (κ3) is 5.08. The van der Waals surface area contributed by atoms with Crippen LogP contribution >= 0.6 is 0 Å². The number of hydrogen-bond acceptors (Lipinski definition) is 3. The van der Waals surface area contributed by atoms with Gasteiger partial charge in [-0.25, -0.2) is 0 Å². The lowest BCUT2D eigenvalue weighted by molar-refractivity contribution is -0.121. The van der Waals surface area contributed by atoms with E-state index in [1.807, 2.05) is 38.1 Å². The van der Waals surface area contributed by atoms with E-state index in [-0.39, 0.29) is 11.9 Å². The molecule has 0 spiro atoms. The van der Waals surface area contributed by atoms with Gasteiger partial charge in [-0.2, -0.15) is 0 Å². The molecular weight excluding hydrogens is 230 g/mol. The van der Waals surface area contributed by atoms with Crippen LogP contribution in [0.3, 0.4) is 0 Å². The van der Waals surface area contributed by atoms with Crippen molar-refractivity contribution in [1.29, 1.82) is 0 Å². The number of amides is 1. The first-order valence-electron chi connectivity index (χ1n) is 6.18. The predicted octanol–water partition coefficient (Wildman–Crippen LogP) is 2.38. The molecule has 1 rings (SSSR count). The summed E-state index contributed by atoms with van der Waals surface area (Å²) in [6, 6.07) is 7.67. The Morgan fingerprint density at radius 1 is 1.28 bits per heavy atom. The van der Waals surface area contributed by atoms with Gasteiger partial charge in [-0.3, -0.25) is 4.79 Å². The summed E-state index contributed by atoms with van der Waals surface area (Å²) in [6.45, 7) is 4.40. The van der Waals surface area contributed by atoms with Gasteiger partial charge in [-0.1, -0.05) is 12.1 Å². The molecule has 0 radical (unpaired) electrons. The minimum Gasteiger partial charge on any atom is -0.493 e. The summed E-state index contributed by atoms with van der Waals surface area (Å²) in [5, 5.41) is 2.84. The van der Waals surface area contributed by atoms with Gasteiger partial charge in [0.05, 0.1) is 13.7 Å². The number of nitrogens with one attached hydrogen (secondary N) is 1. The molecule has 1 amide bonds. The average Bonchev–Trinajstić information content (AvgIpc) is 2.34. The molecule has 4 heteroatoms. The summed E-state index contributed by atoms with van der Waals surface area (Å²) in [5.74, 6) is 1.49. The van der Waals surface area contributed by atoms with Crippen molar-refractivity contribution < 1.29 is 14.3 Å². The first-order chi connectivity index (χ1) is 8.63. The van der Waals surface area contributed by atoms with E-state index in [0.29, 0.717) is 30.9 Å². The van der Waals surface area contributed by atoms with Crippen LogP contribution in [-0.2, 0) is 4.79 Å². The van der Waals surface area contributed by atoms with Crippen LogP contribution in [0.5, 0.6) is 11.5 Å². The van der Waals surface area contributed by atoms with Crippen molar-refractivity contribution >= 4 is 5.91 Å². The lowest BCUT2D eigenvalue weighted by atomic mass is 10.3. The van der Waals surface area contributed by atoms with E-state index in [2.05, 4.69) is 5.32 Å². The Hall–Kier alpha value is -1.71. The highest BCUT2D eigenvalue weighted by molar-refractivity contribution is 5.76. The van der Waals surface area contributed by atoms with Gasteiger partial charge in [0.1, 0.15) is 0 Å². The summed E-state index contributed by atoms with van der Waals surface area (Å²) in [4.78, 5) is 11.4. The van der Waals surface area contributed by atoms with E-state index in [1.165, 1.54) is 0 Å². The fraction of sp³-hybridized carbons (Fsp3) is 0.500. The topological polar surface area (TPSA) is 47.6 Å². The maximum Gasteiger partial charge on any atom is 0.220 e. The van der Waals surface area contributed by atoms with Crippen LogP contribution in [0.25, 0.3) is 0 Å². The number of methoxy groups -OCH3 is 1. The minimum absolute atomic E-state index is 0.0635. The largest absolute Gasteiger partial charge is 0.493 e. The number of para-hydroxylation sites is 2. The van der Waals surface area contributed by atoms with E-state index in [0.717, 1.165) is 0 Å². The van der Waals surface area contributed by atoms with Gasteiger partial charge < -0.3 is 14.8 Å². The van der Waals surface area contributed by atoms with Crippen LogP contribution < -0.4 is 14.8 Å². The van der Waals surface area contributed by atoms with Crippen LogP contribution in [0, 0.1) is 0 Å². The molecule has 4 nitrogen and oxygen atoms in total. The average molecular weight is 251 g/mol. The summed E-state index contributed by atoms with van der Waals surface area (Å²) < 4.78 is 10.8. The van der Waals surface area contributed by atoms with E-state index in [4.69, 9.17) is 9.47 Å². The second kappa shape index (κ2) is 7.58. The van der Waals surface area contributed by atoms with Crippen LogP contribution in [0.15, 0.2) is 24.3 Å². The highest BCUT2D eigenvalue weighted by Crippen LogP contribution is 2.25. The quantitative estimate of drug-likeness (QED) is 0.757. The van der Waals surface area contributed by atoms with Crippen LogP contribution in [0.1, 0.15) is 26.7 Å². The van der Waals surface area contributed by atoms with Crippen LogP contribution in [0.2, 0.25) is 0 Å². The van der Waals surface area contributed by atoms with Crippen molar-refractivity contribution in [3.63, 3.8) is 0 Å². The summed E-state index contributed by atoms with van der Waals surface area (Å²) in [7, 11) is 1.61. The normalized spacial score (nSPS) is 10.2. The Bertz CT molecular complexity index is 377. The Morgan fingerprint density at radius 3 is 2.56 bits per heavy atom. The molecule has 0 unspecified atom stereocenters. The molecule has 0 fully saturated rings. The third-order valence-electron chi connectivity index (χ3n) is 2.32. The number of carbonyl (C=O) groups excluding carboxylic acids is 1. The second-order valence-electron chi connectivity index (χ2n) is 4.33. The van der Waals surface area contributed by atoms with E-state index < -0.39 is 0 Å². The molecule has 0 aliphatic heterocycles. The SMILES string of the molecule is COc1ccccc1OCCCC(=O)NC(C)C.